The molecule has 1 unspecified atom stereocenters. The lowest BCUT2D eigenvalue weighted by Gasteiger charge is -2.05. The van der Waals surface area contributed by atoms with Crippen molar-refractivity contribution in [1.82, 2.24) is 4.98 Å². The number of hydrogen-bond acceptors (Lipinski definition) is 4. The zero-order valence-electron chi connectivity index (χ0n) is 9.25. The first kappa shape index (κ1) is 11.1. The first-order valence-corrected chi connectivity index (χ1v) is 5.11. The van der Waals surface area contributed by atoms with Crippen LogP contribution in [0.15, 0.2) is 41.3 Å². The van der Waals surface area contributed by atoms with E-state index in [1.54, 1.807) is 31.3 Å². The lowest BCUT2D eigenvalue weighted by molar-refractivity contribution is 0.0978. The molecule has 17 heavy (non-hydrogen) atoms. The van der Waals surface area contributed by atoms with Gasteiger partial charge in [0.2, 0.25) is 0 Å². The number of hydrogen-bond donors (Lipinski definition) is 0. The molecule has 0 spiro atoms. The molecule has 0 aliphatic carbocycles. The van der Waals surface area contributed by atoms with Gasteiger partial charge in [-0.15, -0.1) is 0 Å². The number of aryl methyl sites for hydroxylation is 1. The van der Waals surface area contributed by atoms with Gasteiger partial charge in [0.1, 0.15) is 17.9 Å². The zero-order chi connectivity index (χ0) is 12.3. The van der Waals surface area contributed by atoms with Gasteiger partial charge in [-0.3, -0.25) is 9.78 Å². The van der Waals surface area contributed by atoms with Crippen molar-refractivity contribution in [3.63, 3.8) is 0 Å². The smallest absolute Gasteiger partial charge is 0.187 e. The van der Waals surface area contributed by atoms with Crippen LogP contribution in [0.3, 0.4) is 0 Å². The minimum absolute atomic E-state index is 0.266. The van der Waals surface area contributed by atoms with Gasteiger partial charge in [-0.25, -0.2) is 0 Å². The summed E-state index contributed by atoms with van der Waals surface area (Å²) in [7, 11) is 0. The van der Waals surface area contributed by atoms with E-state index < -0.39 is 5.92 Å². The molecule has 84 valence electrons. The van der Waals surface area contributed by atoms with Gasteiger partial charge in [0.25, 0.3) is 0 Å². The van der Waals surface area contributed by atoms with Crippen LogP contribution in [0, 0.1) is 18.3 Å². The number of pyridine rings is 1. The second-order valence-electron chi connectivity index (χ2n) is 3.66. The van der Waals surface area contributed by atoms with Gasteiger partial charge in [-0.2, -0.15) is 5.26 Å². The minimum Gasteiger partial charge on any atom is -0.469 e. The van der Waals surface area contributed by atoms with Gasteiger partial charge in [0.05, 0.1) is 11.6 Å². The first-order valence-electron chi connectivity index (χ1n) is 5.11. The molecule has 0 aliphatic heterocycles. The Morgan fingerprint density at radius 1 is 1.59 bits per heavy atom. The monoisotopic (exact) mass is 226 g/mol. The Morgan fingerprint density at radius 2 is 2.41 bits per heavy atom. The maximum absolute atomic E-state index is 12.1. The third kappa shape index (κ3) is 2.23. The fourth-order valence-corrected chi connectivity index (χ4v) is 1.57. The lowest BCUT2D eigenvalue weighted by Crippen LogP contribution is -2.10. The highest BCUT2D eigenvalue weighted by atomic mass is 16.3. The molecule has 0 saturated carbocycles. The van der Waals surface area contributed by atoms with E-state index in [1.165, 1.54) is 12.5 Å². The number of Topliss-reactive ketones (excluding diaryl/α,β-unsaturated/α-hetero) is 1. The molecule has 2 aromatic rings. The van der Waals surface area contributed by atoms with E-state index in [4.69, 9.17) is 9.68 Å². The quantitative estimate of drug-likeness (QED) is 0.754. The number of carbonyl (C=O) groups excluding carboxylic acids is 1. The molecule has 2 aromatic heterocycles. The molecule has 0 radical (unpaired) electrons. The van der Waals surface area contributed by atoms with Crippen LogP contribution >= 0.6 is 0 Å². The van der Waals surface area contributed by atoms with E-state index in [2.05, 4.69) is 4.98 Å². The second kappa shape index (κ2) is 4.62. The standard InChI is InChI=1S/C13H10N2O2/c1-9-5-11(8-17-9)13(16)12(6-14)10-3-2-4-15-7-10/h2-5,7-8,12H,1H3. The molecule has 4 heteroatoms. The predicted octanol–water partition coefficient (Wildman–Crippen LogP) is 2.47. The third-order valence-corrected chi connectivity index (χ3v) is 2.42. The van der Waals surface area contributed by atoms with Crippen molar-refractivity contribution in [1.29, 1.82) is 5.26 Å². The van der Waals surface area contributed by atoms with E-state index in [1.807, 2.05) is 6.07 Å². The second-order valence-corrected chi connectivity index (χ2v) is 3.66. The molecule has 2 heterocycles. The number of nitrogens with zero attached hydrogens (tertiary/aromatic N) is 2. The van der Waals surface area contributed by atoms with E-state index in [-0.39, 0.29) is 5.78 Å². The SMILES string of the molecule is Cc1cc(C(=O)C(C#N)c2cccnc2)co1. The highest BCUT2D eigenvalue weighted by molar-refractivity contribution is 6.02. The number of rotatable bonds is 3. The van der Waals surface area contributed by atoms with Crippen LogP contribution in [0.4, 0.5) is 0 Å². The average Bonchev–Trinajstić information content (AvgIpc) is 2.78. The summed E-state index contributed by atoms with van der Waals surface area (Å²) in [6, 6.07) is 7.04. The van der Waals surface area contributed by atoms with Gasteiger partial charge >= 0.3 is 0 Å². The molecule has 0 bridgehead atoms. The fourth-order valence-electron chi connectivity index (χ4n) is 1.57. The minimum atomic E-state index is -0.833. The van der Waals surface area contributed by atoms with E-state index in [0.29, 0.717) is 16.9 Å². The highest BCUT2D eigenvalue weighted by Crippen LogP contribution is 2.20. The molecule has 0 aliphatic rings. The average molecular weight is 226 g/mol. The maximum Gasteiger partial charge on any atom is 0.187 e. The van der Waals surface area contributed by atoms with Gasteiger partial charge in [-0.1, -0.05) is 6.07 Å². The van der Waals surface area contributed by atoms with Crippen LogP contribution in [-0.2, 0) is 0 Å². The Morgan fingerprint density at radius 3 is 2.94 bits per heavy atom. The van der Waals surface area contributed by atoms with Crippen LogP contribution < -0.4 is 0 Å². The Kier molecular flexibility index (Phi) is 3.01. The number of aromatic nitrogens is 1. The van der Waals surface area contributed by atoms with Gasteiger partial charge in [-0.05, 0) is 24.6 Å². The summed E-state index contributed by atoms with van der Waals surface area (Å²) in [6.07, 6.45) is 4.50. The van der Waals surface area contributed by atoms with Gasteiger partial charge < -0.3 is 4.42 Å². The summed E-state index contributed by atoms with van der Waals surface area (Å²) in [5, 5.41) is 9.09. The fraction of sp³-hybridized carbons (Fsp3) is 0.154. The summed E-state index contributed by atoms with van der Waals surface area (Å²) in [4.78, 5) is 16.0. The molecule has 0 N–H and O–H groups in total. The molecule has 1 atom stereocenters. The zero-order valence-corrected chi connectivity index (χ0v) is 9.25. The molecule has 0 aromatic carbocycles. The summed E-state index contributed by atoms with van der Waals surface area (Å²) in [6.45, 7) is 1.75. The van der Waals surface area contributed by atoms with Crippen molar-refractivity contribution < 1.29 is 9.21 Å². The maximum atomic E-state index is 12.1. The largest absolute Gasteiger partial charge is 0.469 e. The van der Waals surface area contributed by atoms with Crippen molar-refractivity contribution in [3.8, 4) is 6.07 Å². The van der Waals surface area contributed by atoms with Crippen molar-refractivity contribution >= 4 is 5.78 Å². The normalized spacial score (nSPS) is 11.8. The van der Waals surface area contributed by atoms with Crippen LogP contribution in [0.1, 0.15) is 27.6 Å². The molecule has 0 amide bonds. The number of nitriles is 1. The number of carbonyl (C=O) groups is 1. The van der Waals surface area contributed by atoms with Crippen molar-refractivity contribution in [3.05, 3.63) is 53.7 Å². The first-order chi connectivity index (χ1) is 8.22. The molecule has 2 rings (SSSR count). The van der Waals surface area contributed by atoms with Crippen LogP contribution in [-0.4, -0.2) is 10.8 Å². The highest BCUT2D eigenvalue weighted by Gasteiger charge is 2.23. The molecule has 0 fully saturated rings. The van der Waals surface area contributed by atoms with Gasteiger partial charge in [0, 0.05) is 12.4 Å². The van der Waals surface area contributed by atoms with E-state index >= 15 is 0 Å². The summed E-state index contributed by atoms with van der Waals surface area (Å²) >= 11 is 0. The summed E-state index contributed by atoms with van der Waals surface area (Å²) in [5.41, 5.74) is 1.01. The Bertz CT molecular complexity index is 567. The number of furan rings is 1. The molecule has 4 nitrogen and oxygen atoms in total. The van der Waals surface area contributed by atoms with Crippen LogP contribution in [0.25, 0.3) is 0 Å². The summed E-state index contributed by atoms with van der Waals surface area (Å²) < 4.78 is 5.07. The third-order valence-electron chi connectivity index (χ3n) is 2.42. The van der Waals surface area contributed by atoms with Crippen molar-refractivity contribution in [2.24, 2.45) is 0 Å². The Hall–Kier alpha value is -2.41. The Balaban J connectivity index is 2.32. The topological polar surface area (TPSA) is 66.9 Å². The lowest BCUT2D eigenvalue weighted by atomic mass is 9.94. The van der Waals surface area contributed by atoms with Crippen LogP contribution in [0.2, 0.25) is 0 Å². The number of ketones is 1. The van der Waals surface area contributed by atoms with Gasteiger partial charge in [0.15, 0.2) is 5.78 Å². The molecular formula is C13H10N2O2. The van der Waals surface area contributed by atoms with E-state index in [0.717, 1.165) is 0 Å². The summed E-state index contributed by atoms with van der Waals surface area (Å²) in [5.74, 6) is -0.450. The van der Waals surface area contributed by atoms with Crippen molar-refractivity contribution in [2.45, 2.75) is 12.8 Å². The predicted molar refractivity (Wildman–Crippen MR) is 60.4 cm³/mol. The Labute approximate surface area is 98.5 Å². The molecular weight excluding hydrogens is 216 g/mol. The van der Waals surface area contributed by atoms with Crippen molar-refractivity contribution in [2.75, 3.05) is 0 Å². The molecule has 0 saturated heterocycles. The van der Waals surface area contributed by atoms with Crippen LogP contribution in [0.5, 0.6) is 0 Å². The van der Waals surface area contributed by atoms with E-state index in [9.17, 15) is 4.79 Å².